The van der Waals surface area contributed by atoms with E-state index in [4.69, 9.17) is 4.42 Å². The zero-order valence-electron chi connectivity index (χ0n) is 17.7. The van der Waals surface area contributed by atoms with Gasteiger partial charge in [-0.05, 0) is 55.3 Å². The van der Waals surface area contributed by atoms with Crippen molar-refractivity contribution in [3.8, 4) is 6.07 Å². The van der Waals surface area contributed by atoms with Gasteiger partial charge in [0.25, 0.3) is 5.91 Å². The predicted molar refractivity (Wildman–Crippen MR) is 123 cm³/mol. The zero-order valence-corrected chi connectivity index (χ0v) is 18.6. The average Bonchev–Trinajstić information content (AvgIpc) is 3.42. The number of nitriles is 1. The number of hydrogen-bond donors (Lipinski definition) is 1. The Morgan fingerprint density at radius 2 is 2.00 bits per heavy atom. The van der Waals surface area contributed by atoms with Crippen LogP contribution in [-0.4, -0.2) is 17.1 Å². The Morgan fingerprint density at radius 1 is 1.21 bits per heavy atom. The Bertz CT molecular complexity index is 1250. The van der Waals surface area contributed by atoms with Gasteiger partial charge in [-0.25, -0.2) is 4.39 Å². The normalized spacial score (nSPS) is 17.1. The average molecular weight is 462 g/mol. The Morgan fingerprint density at radius 3 is 2.67 bits per heavy atom. The number of nitrogens with zero attached hydrogens (tertiary/aromatic N) is 2. The van der Waals surface area contributed by atoms with Crippen LogP contribution in [0.15, 0.2) is 81.9 Å². The summed E-state index contributed by atoms with van der Waals surface area (Å²) in [4.78, 5) is 27.6. The number of anilines is 1. The van der Waals surface area contributed by atoms with Crippen LogP contribution >= 0.6 is 11.8 Å². The van der Waals surface area contributed by atoms with Gasteiger partial charge in [0.2, 0.25) is 5.91 Å². The number of rotatable bonds is 6. The summed E-state index contributed by atoms with van der Waals surface area (Å²) in [6, 6.07) is 18.6. The highest BCUT2D eigenvalue weighted by atomic mass is 32.2. The molecular weight excluding hydrogens is 441 g/mol. The van der Waals surface area contributed by atoms with Crippen LogP contribution in [0.3, 0.4) is 0 Å². The lowest BCUT2D eigenvalue weighted by molar-refractivity contribution is -0.117. The first-order chi connectivity index (χ1) is 16.0. The van der Waals surface area contributed by atoms with E-state index in [1.165, 1.54) is 47.2 Å². The van der Waals surface area contributed by atoms with Gasteiger partial charge in [0.15, 0.2) is 0 Å². The van der Waals surface area contributed by atoms with Gasteiger partial charge in [0, 0.05) is 5.69 Å². The fourth-order valence-electron chi connectivity index (χ4n) is 3.53. The highest BCUT2D eigenvalue weighted by Crippen LogP contribution is 2.42. The van der Waals surface area contributed by atoms with Crippen molar-refractivity contribution in [2.45, 2.75) is 25.1 Å². The van der Waals surface area contributed by atoms with Crippen LogP contribution in [0.2, 0.25) is 0 Å². The largest absolute Gasteiger partial charge is 0.467 e. The summed E-state index contributed by atoms with van der Waals surface area (Å²) >= 11 is 1.17. The van der Waals surface area contributed by atoms with Crippen molar-refractivity contribution >= 4 is 29.3 Å². The molecule has 0 aliphatic carbocycles. The van der Waals surface area contributed by atoms with Crippen molar-refractivity contribution in [1.29, 1.82) is 5.26 Å². The molecule has 1 fully saturated rings. The minimum absolute atomic E-state index is 0.103. The van der Waals surface area contributed by atoms with Gasteiger partial charge < -0.3 is 9.73 Å². The summed E-state index contributed by atoms with van der Waals surface area (Å²) in [5, 5.41) is 12.2. The van der Waals surface area contributed by atoms with Crippen molar-refractivity contribution < 1.29 is 18.4 Å². The minimum atomic E-state index is -0.618. The molecule has 0 bridgehead atoms. The van der Waals surface area contributed by atoms with Crippen molar-refractivity contribution in [3.05, 3.63) is 100 Å². The smallest absolute Gasteiger partial charge is 0.265 e. The summed E-state index contributed by atoms with van der Waals surface area (Å²) in [6.07, 6.45) is 1.92. The molecule has 8 heteroatoms. The number of carbonyl (C=O) groups is 2. The van der Waals surface area contributed by atoms with Crippen LogP contribution in [0.25, 0.3) is 0 Å². The van der Waals surface area contributed by atoms with Gasteiger partial charge >= 0.3 is 0 Å². The molecule has 1 aliphatic heterocycles. The zero-order chi connectivity index (χ0) is 23.4. The number of carbonyl (C=O) groups excluding carboxylic acids is 2. The van der Waals surface area contributed by atoms with Crippen LogP contribution in [0, 0.1) is 24.1 Å². The molecular formula is C25H20FN3O3S. The molecule has 6 nitrogen and oxygen atoms in total. The van der Waals surface area contributed by atoms with Gasteiger partial charge in [-0.1, -0.05) is 41.6 Å². The molecule has 1 saturated heterocycles. The highest BCUT2D eigenvalue weighted by molar-refractivity contribution is 8.05. The third kappa shape index (κ3) is 4.99. The number of thioether (sulfide) groups is 1. The topological polar surface area (TPSA) is 86.3 Å². The first-order valence-electron chi connectivity index (χ1n) is 10.2. The van der Waals surface area contributed by atoms with E-state index in [1.54, 1.807) is 12.1 Å². The SMILES string of the molecule is Cc1cccc(CC2S/C(=C(/C#N)C(=O)NCc3ccco3)N(c3ccc(F)cc3)C2=O)c1. The van der Waals surface area contributed by atoms with E-state index in [-0.39, 0.29) is 23.1 Å². The molecule has 0 spiro atoms. The molecule has 0 saturated carbocycles. The van der Waals surface area contributed by atoms with Crippen molar-refractivity contribution in [2.24, 2.45) is 0 Å². The predicted octanol–water partition coefficient (Wildman–Crippen LogP) is 4.47. The number of nitrogens with one attached hydrogen (secondary N) is 1. The highest BCUT2D eigenvalue weighted by Gasteiger charge is 2.40. The maximum absolute atomic E-state index is 13.5. The van der Waals surface area contributed by atoms with Crippen LogP contribution in [0.4, 0.5) is 10.1 Å². The standard InChI is InChI=1S/C25H20FN3O3S/c1-16-4-2-5-17(12-16)13-22-24(31)29(19-9-7-18(26)8-10-19)25(33-22)21(14-27)23(30)28-15-20-6-3-11-32-20/h2-12,22H,13,15H2,1H3,(H,28,30)/b25-21-. The molecule has 33 heavy (non-hydrogen) atoms. The number of aryl methyl sites for hydroxylation is 1. The Balaban J connectivity index is 1.68. The molecule has 3 aromatic rings. The summed E-state index contributed by atoms with van der Waals surface area (Å²) in [7, 11) is 0. The molecule has 1 N–H and O–H groups in total. The van der Waals surface area contributed by atoms with E-state index in [0.29, 0.717) is 17.9 Å². The molecule has 2 heterocycles. The Kier molecular flexibility index (Phi) is 6.61. The summed E-state index contributed by atoms with van der Waals surface area (Å²) in [5.41, 5.74) is 2.25. The lowest BCUT2D eigenvalue weighted by Gasteiger charge is -2.18. The number of furan rings is 1. The number of halogens is 1. The van der Waals surface area contributed by atoms with Crippen molar-refractivity contribution in [1.82, 2.24) is 5.32 Å². The van der Waals surface area contributed by atoms with Crippen LogP contribution in [-0.2, 0) is 22.6 Å². The first-order valence-corrected chi connectivity index (χ1v) is 11.1. The van der Waals surface area contributed by atoms with Gasteiger partial charge in [0.1, 0.15) is 28.2 Å². The molecule has 1 aromatic heterocycles. The molecule has 166 valence electrons. The fraction of sp³-hybridized carbons (Fsp3) is 0.160. The Hall–Kier alpha value is -3.83. The molecule has 2 amide bonds. The second-order valence-electron chi connectivity index (χ2n) is 7.50. The third-order valence-electron chi connectivity index (χ3n) is 5.10. The number of amides is 2. The monoisotopic (exact) mass is 461 g/mol. The summed E-state index contributed by atoms with van der Waals surface area (Å²) in [5.74, 6) is -0.799. The van der Waals surface area contributed by atoms with Gasteiger partial charge in [0.05, 0.1) is 18.1 Å². The summed E-state index contributed by atoms with van der Waals surface area (Å²) < 4.78 is 18.7. The van der Waals surface area contributed by atoms with Crippen molar-refractivity contribution in [2.75, 3.05) is 4.90 Å². The molecule has 0 radical (unpaired) electrons. The lowest BCUT2D eigenvalue weighted by Crippen LogP contribution is -2.32. The maximum atomic E-state index is 13.5. The second-order valence-corrected chi connectivity index (χ2v) is 8.70. The van der Waals surface area contributed by atoms with Crippen LogP contribution in [0.5, 0.6) is 0 Å². The molecule has 2 aromatic carbocycles. The molecule has 1 aliphatic rings. The van der Waals surface area contributed by atoms with Crippen LogP contribution < -0.4 is 10.2 Å². The lowest BCUT2D eigenvalue weighted by atomic mass is 10.1. The number of benzene rings is 2. The van der Waals surface area contributed by atoms with E-state index in [1.807, 2.05) is 37.3 Å². The van der Waals surface area contributed by atoms with E-state index < -0.39 is 17.0 Å². The van der Waals surface area contributed by atoms with Crippen molar-refractivity contribution in [3.63, 3.8) is 0 Å². The van der Waals surface area contributed by atoms with Gasteiger partial charge in [-0.15, -0.1) is 0 Å². The first kappa shape index (κ1) is 22.4. The quantitative estimate of drug-likeness (QED) is 0.432. The van der Waals surface area contributed by atoms with E-state index in [9.17, 15) is 19.2 Å². The van der Waals surface area contributed by atoms with Gasteiger partial charge in [-0.3, -0.25) is 14.5 Å². The molecule has 1 unspecified atom stereocenters. The Labute approximate surface area is 194 Å². The minimum Gasteiger partial charge on any atom is -0.467 e. The number of hydrogen-bond acceptors (Lipinski definition) is 5. The molecule has 4 rings (SSSR count). The maximum Gasteiger partial charge on any atom is 0.265 e. The molecule has 1 atom stereocenters. The van der Waals surface area contributed by atoms with E-state index in [0.717, 1.165) is 11.1 Å². The van der Waals surface area contributed by atoms with E-state index in [2.05, 4.69) is 5.32 Å². The van der Waals surface area contributed by atoms with Crippen LogP contribution in [0.1, 0.15) is 16.9 Å². The van der Waals surface area contributed by atoms with E-state index >= 15 is 0 Å². The summed E-state index contributed by atoms with van der Waals surface area (Å²) in [6.45, 7) is 2.08. The second kappa shape index (κ2) is 9.76. The third-order valence-corrected chi connectivity index (χ3v) is 6.36. The fourth-order valence-corrected chi connectivity index (χ4v) is 4.84. The van der Waals surface area contributed by atoms with Gasteiger partial charge in [-0.2, -0.15) is 5.26 Å².